The molecule has 1 heterocycles. The van der Waals surface area contributed by atoms with E-state index in [0.29, 0.717) is 23.1 Å². The van der Waals surface area contributed by atoms with Crippen LogP contribution in [0.15, 0.2) is 12.1 Å². The predicted molar refractivity (Wildman–Crippen MR) is 91.8 cm³/mol. The Hall–Kier alpha value is -1.39. The van der Waals surface area contributed by atoms with E-state index in [0.717, 1.165) is 18.4 Å². The number of aliphatic hydroxyl groups is 1. The summed E-state index contributed by atoms with van der Waals surface area (Å²) in [5.41, 5.74) is 6.73. The zero-order chi connectivity index (χ0) is 16.7. The fraction of sp³-hybridized carbons (Fsp3) is 0.650. The molecule has 1 atom stereocenters. The van der Waals surface area contributed by atoms with Crippen molar-refractivity contribution < 1.29 is 14.6 Å². The van der Waals surface area contributed by atoms with Gasteiger partial charge in [0.15, 0.2) is 0 Å². The number of esters is 1. The highest BCUT2D eigenvalue weighted by molar-refractivity contribution is 5.89. The van der Waals surface area contributed by atoms with Crippen LogP contribution < -0.4 is 10.5 Å². The standard InChI is InChI=1S/C20H27NO3/c21-20(23)17-12-15(13-7-3-1-4-8-13)11-16(18(17)24-19(20)22)14-9-5-2-6-10-14/h11-14,23H,1-10,21H2. The molecule has 1 aromatic rings. The molecule has 4 heteroatoms. The number of hydrogen-bond acceptors (Lipinski definition) is 4. The number of rotatable bonds is 2. The largest absolute Gasteiger partial charge is 0.422 e. The SMILES string of the molecule is NC1(O)C(=O)Oc2c(C3CCCCC3)cc(C3CCCCC3)cc21. The molecule has 2 fully saturated rings. The van der Waals surface area contributed by atoms with E-state index in [9.17, 15) is 9.90 Å². The zero-order valence-corrected chi connectivity index (χ0v) is 14.2. The average Bonchev–Trinajstić information content (AvgIpc) is 2.85. The van der Waals surface area contributed by atoms with Gasteiger partial charge in [-0.1, -0.05) is 44.6 Å². The first kappa shape index (κ1) is 16.1. The van der Waals surface area contributed by atoms with Gasteiger partial charge in [-0.05, 0) is 54.7 Å². The van der Waals surface area contributed by atoms with Crippen molar-refractivity contribution in [1.82, 2.24) is 0 Å². The molecule has 4 rings (SSSR count). The maximum Gasteiger partial charge on any atom is 0.364 e. The number of carbonyl (C=O) groups is 1. The smallest absolute Gasteiger partial charge is 0.364 e. The third-order valence-corrected chi connectivity index (χ3v) is 6.18. The Morgan fingerprint density at radius 1 is 0.958 bits per heavy atom. The first-order valence-corrected chi connectivity index (χ1v) is 9.49. The van der Waals surface area contributed by atoms with E-state index in [4.69, 9.17) is 10.5 Å². The van der Waals surface area contributed by atoms with Crippen LogP contribution in [-0.2, 0) is 10.5 Å². The molecule has 4 nitrogen and oxygen atoms in total. The van der Waals surface area contributed by atoms with Gasteiger partial charge in [-0.2, -0.15) is 0 Å². The molecule has 2 aliphatic carbocycles. The van der Waals surface area contributed by atoms with Gasteiger partial charge in [0, 0.05) is 0 Å². The molecule has 1 aliphatic heterocycles. The van der Waals surface area contributed by atoms with Crippen molar-refractivity contribution in [3.63, 3.8) is 0 Å². The maximum atomic E-state index is 12.1. The number of nitrogens with two attached hydrogens (primary N) is 1. The van der Waals surface area contributed by atoms with Crippen LogP contribution in [-0.4, -0.2) is 11.1 Å². The highest BCUT2D eigenvalue weighted by atomic mass is 16.6. The van der Waals surface area contributed by atoms with Gasteiger partial charge in [-0.15, -0.1) is 0 Å². The summed E-state index contributed by atoms with van der Waals surface area (Å²) in [4.78, 5) is 12.1. The molecule has 2 saturated carbocycles. The van der Waals surface area contributed by atoms with E-state index in [-0.39, 0.29) is 0 Å². The van der Waals surface area contributed by atoms with Crippen molar-refractivity contribution in [2.45, 2.75) is 81.8 Å². The average molecular weight is 329 g/mol. The van der Waals surface area contributed by atoms with Gasteiger partial charge in [-0.3, -0.25) is 5.73 Å². The van der Waals surface area contributed by atoms with Gasteiger partial charge < -0.3 is 9.84 Å². The van der Waals surface area contributed by atoms with Crippen LogP contribution in [0.4, 0.5) is 0 Å². The van der Waals surface area contributed by atoms with E-state index in [1.807, 2.05) is 6.07 Å². The molecule has 130 valence electrons. The van der Waals surface area contributed by atoms with Gasteiger partial charge in [-0.25, -0.2) is 4.79 Å². The van der Waals surface area contributed by atoms with Crippen LogP contribution >= 0.6 is 0 Å². The molecule has 0 saturated heterocycles. The summed E-state index contributed by atoms with van der Waals surface area (Å²) in [6.45, 7) is 0. The van der Waals surface area contributed by atoms with Gasteiger partial charge in [0.25, 0.3) is 0 Å². The van der Waals surface area contributed by atoms with Crippen molar-refractivity contribution in [2.24, 2.45) is 5.73 Å². The topological polar surface area (TPSA) is 72.5 Å². The molecule has 3 aliphatic rings. The minimum absolute atomic E-state index is 0.415. The van der Waals surface area contributed by atoms with Crippen molar-refractivity contribution in [1.29, 1.82) is 0 Å². The van der Waals surface area contributed by atoms with Gasteiger partial charge in [0.2, 0.25) is 5.72 Å². The van der Waals surface area contributed by atoms with E-state index in [1.165, 1.54) is 56.9 Å². The van der Waals surface area contributed by atoms with Crippen molar-refractivity contribution in [3.05, 3.63) is 28.8 Å². The monoisotopic (exact) mass is 329 g/mol. The molecular formula is C20H27NO3. The zero-order valence-electron chi connectivity index (χ0n) is 14.2. The number of hydrogen-bond donors (Lipinski definition) is 2. The Kier molecular flexibility index (Phi) is 4.13. The van der Waals surface area contributed by atoms with Crippen LogP contribution in [0.1, 0.15) is 92.7 Å². The summed E-state index contributed by atoms with van der Waals surface area (Å²) in [7, 11) is 0. The second kappa shape index (κ2) is 6.16. The molecule has 0 spiro atoms. The second-order valence-electron chi connectivity index (χ2n) is 7.81. The fourth-order valence-corrected chi connectivity index (χ4v) is 4.74. The summed E-state index contributed by atoms with van der Waals surface area (Å²) in [5, 5.41) is 10.5. The molecule has 3 N–H and O–H groups in total. The Labute approximate surface area is 143 Å². The number of ether oxygens (including phenoxy) is 1. The molecule has 1 unspecified atom stereocenters. The van der Waals surface area contributed by atoms with Crippen LogP contribution in [0, 0.1) is 0 Å². The van der Waals surface area contributed by atoms with Crippen LogP contribution in [0.3, 0.4) is 0 Å². The Bertz CT molecular complexity index is 641. The third-order valence-electron chi connectivity index (χ3n) is 6.18. The van der Waals surface area contributed by atoms with Gasteiger partial charge in [0.05, 0.1) is 5.56 Å². The second-order valence-corrected chi connectivity index (χ2v) is 7.81. The molecule has 0 radical (unpaired) electrons. The summed E-state index contributed by atoms with van der Waals surface area (Å²) in [6.07, 6.45) is 12.1. The van der Waals surface area contributed by atoms with E-state index in [1.54, 1.807) is 0 Å². The fourth-order valence-electron chi connectivity index (χ4n) is 4.74. The van der Waals surface area contributed by atoms with Crippen LogP contribution in [0.5, 0.6) is 5.75 Å². The lowest BCUT2D eigenvalue weighted by molar-refractivity contribution is -0.151. The van der Waals surface area contributed by atoms with Gasteiger partial charge in [0.1, 0.15) is 5.75 Å². The Balaban J connectivity index is 1.79. The lowest BCUT2D eigenvalue weighted by Crippen LogP contribution is -2.42. The molecule has 0 bridgehead atoms. The number of carbonyl (C=O) groups excluding carboxylic acids is 1. The van der Waals surface area contributed by atoms with E-state index < -0.39 is 11.7 Å². The Morgan fingerprint density at radius 2 is 1.54 bits per heavy atom. The molecule has 0 amide bonds. The highest BCUT2D eigenvalue weighted by Crippen LogP contribution is 2.47. The third kappa shape index (κ3) is 2.66. The van der Waals surface area contributed by atoms with Crippen molar-refractivity contribution in [2.75, 3.05) is 0 Å². The molecule has 1 aromatic carbocycles. The van der Waals surface area contributed by atoms with Crippen LogP contribution in [0.25, 0.3) is 0 Å². The number of benzene rings is 1. The molecule has 24 heavy (non-hydrogen) atoms. The Morgan fingerprint density at radius 3 is 2.17 bits per heavy atom. The minimum Gasteiger partial charge on any atom is -0.422 e. The van der Waals surface area contributed by atoms with Crippen molar-refractivity contribution >= 4 is 5.97 Å². The molecular weight excluding hydrogens is 302 g/mol. The lowest BCUT2D eigenvalue weighted by Gasteiger charge is -2.27. The predicted octanol–water partition coefficient (Wildman–Crippen LogP) is 3.80. The van der Waals surface area contributed by atoms with Crippen molar-refractivity contribution in [3.8, 4) is 5.75 Å². The first-order chi connectivity index (χ1) is 11.6. The maximum absolute atomic E-state index is 12.1. The summed E-state index contributed by atoms with van der Waals surface area (Å²) in [5.74, 6) is 0.724. The van der Waals surface area contributed by atoms with E-state index >= 15 is 0 Å². The summed E-state index contributed by atoms with van der Waals surface area (Å²) in [6, 6.07) is 4.18. The van der Waals surface area contributed by atoms with E-state index in [2.05, 4.69) is 6.07 Å². The summed E-state index contributed by atoms with van der Waals surface area (Å²) >= 11 is 0. The minimum atomic E-state index is -2.00. The van der Waals surface area contributed by atoms with Crippen LogP contribution in [0.2, 0.25) is 0 Å². The number of fused-ring (bicyclic) bond motifs is 1. The first-order valence-electron chi connectivity index (χ1n) is 9.49. The summed E-state index contributed by atoms with van der Waals surface area (Å²) < 4.78 is 5.43. The normalized spacial score (nSPS) is 28.7. The van der Waals surface area contributed by atoms with Gasteiger partial charge >= 0.3 is 5.97 Å². The quantitative estimate of drug-likeness (QED) is 0.492. The molecule has 0 aromatic heterocycles. The highest BCUT2D eigenvalue weighted by Gasteiger charge is 2.47. The lowest BCUT2D eigenvalue weighted by atomic mass is 9.78.